The largest absolute Gasteiger partial charge is 1.00 e. The number of rotatable bonds is 5. The fourth-order valence-corrected chi connectivity index (χ4v) is 4.77. The zero-order chi connectivity index (χ0) is 19.6. The molecule has 142 valence electrons. The minimum atomic E-state index is -4.66. The Morgan fingerprint density at radius 1 is 0.897 bits per heavy atom. The number of hydrogen-bond donors (Lipinski definition) is 0. The molecule has 0 fully saturated rings. The molecule has 8 heteroatoms. The molecule has 0 amide bonds. The van der Waals surface area contributed by atoms with Crippen LogP contribution >= 0.6 is 19.6 Å². The van der Waals surface area contributed by atoms with E-state index in [1.807, 2.05) is 30.3 Å². The van der Waals surface area contributed by atoms with Gasteiger partial charge in [-0.25, -0.2) is 4.57 Å². The van der Waals surface area contributed by atoms with Crippen LogP contribution in [0.4, 0.5) is 0 Å². The average molecular weight is 434 g/mol. The Labute approximate surface area is 195 Å². The first-order chi connectivity index (χ1) is 13.6. The van der Waals surface area contributed by atoms with Crippen LogP contribution in [0.15, 0.2) is 82.6 Å². The van der Waals surface area contributed by atoms with Crippen molar-refractivity contribution < 1.29 is 52.8 Å². The van der Waals surface area contributed by atoms with Crippen molar-refractivity contribution in [2.45, 2.75) is 9.79 Å². The minimum absolute atomic E-state index is 0. The number of hydrogen-bond acceptors (Lipinski definition) is 6. The molecule has 29 heavy (non-hydrogen) atoms. The molecule has 1 unspecified atom stereocenters. The van der Waals surface area contributed by atoms with Gasteiger partial charge in [-0.05, 0) is 42.0 Å². The Morgan fingerprint density at radius 2 is 1.62 bits per heavy atom. The number of methoxy groups -OCH3 is 1. The monoisotopic (exact) mass is 434 g/mol. The molecule has 0 saturated carbocycles. The van der Waals surface area contributed by atoms with E-state index in [1.54, 1.807) is 55.7 Å². The van der Waals surface area contributed by atoms with Gasteiger partial charge in [-0.2, -0.15) is 0 Å². The van der Waals surface area contributed by atoms with Crippen LogP contribution in [0.2, 0.25) is 0 Å². The van der Waals surface area contributed by atoms with E-state index in [-0.39, 0.29) is 41.1 Å². The normalized spacial score (nSPS) is 14.1. The summed E-state index contributed by atoms with van der Waals surface area (Å²) in [5, 5.41) is 0. The van der Waals surface area contributed by atoms with Crippen molar-refractivity contribution in [3.63, 3.8) is 0 Å². The van der Waals surface area contributed by atoms with Crippen molar-refractivity contribution >= 4 is 31.4 Å². The molecule has 5 nitrogen and oxygen atoms in total. The first kappa shape index (κ1) is 22.0. The number of phosphoric acid groups is 1. The predicted octanol–water partition coefficient (Wildman–Crippen LogP) is 2.23. The van der Waals surface area contributed by atoms with Gasteiger partial charge < -0.3 is 18.7 Å². The molecule has 3 aromatic rings. The third-order valence-electron chi connectivity index (χ3n) is 4.05. The van der Waals surface area contributed by atoms with Gasteiger partial charge in [0.05, 0.1) is 12.0 Å². The summed E-state index contributed by atoms with van der Waals surface area (Å²) in [5.41, 5.74) is 1.47. The van der Waals surface area contributed by atoms with Gasteiger partial charge in [0, 0.05) is 10.5 Å². The van der Waals surface area contributed by atoms with Crippen LogP contribution in [0.25, 0.3) is 11.8 Å². The third-order valence-corrected chi connectivity index (χ3v) is 6.12. The minimum Gasteiger partial charge on any atom is -0.736 e. The average Bonchev–Trinajstić information content (AvgIpc) is 2.84. The van der Waals surface area contributed by atoms with E-state index in [0.29, 0.717) is 11.3 Å². The number of benzene rings is 3. The molecule has 0 saturated heterocycles. The summed E-state index contributed by atoms with van der Waals surface area (Å²) in [6.07, 6.45) is 1.70. The van der Waals surface area contributed by atoms with Crippen LogP contribution in [0.5, 0.6) is 11.5 Å². The fraction of sp³-hybridized carbons (Fsp3) is 0.0476. The van der Waals surface area contributed by atoms with Crippen LogP contribution in [0.1, 0.15) is 11.1 Å². The van der Waals surface area contributed by atoms with Crippen LogP contribution in [-0.4, -0.2) is 7.11 Å². The fourth-order valence-electron chi connectivity index (χ4n) is 2.82. The molecule has 1 aliphatic rings. The molecular weight excluding hydrogens is 418 g/mol. The molecule has 3 aromatic carbocycles. The van der Waals surface area contributed by atoms with Crippen molar-refractivity contribution in [1.82, 2.24) is 0 Å². The second kappa shape index (κ2) is 9.43. The maximum Gasteiger partial charge on any atom is 1.00 e. The van der Waals surface area contributed by atoms with Gasteiger partial charge in [-0.1, -0.05) is 54.2 Å². The van der Waals surface area contributed by atoms with Crippen LogP contribution in [-0.2, 0) is 9.09 Å². The van der Waals surface area contributed by atoms with Crippen LogP contribution < -0.4 is 43.7 Å². The molecule has 4 rings (SSSR count). The first-order valence-electron chi connectivity index (χ1n) is 8.47. The molecule has 0 radical (unpaired) electrons. The quantitative estimate of drug-likeness (QED) is 0.453. The number of ether oxygens (including phenoxy) is 1. The molecule has 0 N–H and O–H groups in total. The van der Waals surface area contributed by atoms with Crippen LogP contribution in [0, 0.1) is 0 Å². The molecular formula is C21H16NaO5PS. The first-order valence-corrected chi connectivity index (χ1v) is 10.7. The van der Waals surface area contributed by atoms with Crippen molar-refractivity contribution in [2.75, 3.05) is 7.11 Å². The van der Waals surface area contributed by atoms with E-state index in [1.165, 1.54) is 11.8 Å². The van der Waals surface area contributed by atoms with E-state index in [2.05, 4.69) is 0 Å². The number of para-hydroxylation sites is 1. The van der Waals surface area contributed by atoms with Gasteiger partial charge >= 0.3 is 37.4 Å². The summed E-state index contributed by atoms with van der Waals surface area (Å²) >= 11 is 1.50. The second-order valence-electron chi connectivity index (χ2n) is 5.93. The van der Waals surface area contributed by atoms with Gasteiger partial charge in [-0.3, -0.25) is 0 Å². The molecule has 0 aliphatic carbocycles. The maximum absolute atomic E-state index is 12.6. The van der Waals surface area contributed by atoms with Crippen molar-refractivity contribution in [3.05, 3.63) is 83.9 Å². The smallest absolute Gasteiger partial charge is 0.736 e. The zero-order valence-electron chi connectivity index (χ0n) is 15.9. The predicted molar refractivity (Wildman–Crippen MR) is 107 cm³/mol. The van der Waals surface area contributed by atoms with Crippen molar-refractivity contribution in [3.8, 4) is 11.5 Å². The Hall–Kier alpha value is -1.66. The van der Waals surface area contributed by atoms with Crippen LogP contribution in [0.3, 0.4) is 0 Å². The number of phosphoric ester groups is 1. The zero-order valence-corrected chi connectivity index (χ0v) is 19.6. The van der Waals surface area contributed by atoms with Gasteiger partial charge in [0.1, 0.15) is 17.3 Å². The summed E-state index contributed by atoms with van der Waals surface area (Å²) in [6.45, 7) is 0. The topological polar surface area (TPSA) is 67.8 Å². The third kappa shape index (κ3) is 5.10. The SMILES string of the molecule is COc1cccc2c1Sc1ccccc1C=C2OP(=O)([O-])Oc1ccccc1.[Na+]. The van der Waals surface area contributed by atoms with Gasteiger partial charge in [0.25, 0.3) is 0 Å². The number of fused-ring (bicyclic) bond motifs is 2. The van der Waals surface area contributed by atoms with E-state index < -0.39 is 7.82 Å². The Morgan fingerprint density at radius 3 is 2.38 bits per heavy atom. The van der Waals surface area contributed by atoms with Crippen molar-refractivity contribution in [1.29, 1.82) is 0 Å². The Kier molecular flexibility index (Phi) is 7.17. The van der Waals surface area contributed by atoms with E-state index >= 15 is 0 Å². The summed E-state index contributed by atoms with van der Waals surface area (Å²) in [7, 11) is -3.08. The standard InChI is InChI=1S/C21H17O5PS.Na/c1-24-18-12-7-11-17-19(14-15-8-5-6-13-20(15)28-21(17)18)26-27(22,23)25-16-9-3-2-4-10-16;/h2-14H,1H3,(H,22,23);/q;+1/p-1. The van der Waals surface area contributed by atoms with Gasteiger partial charge in [0.2, 0.25) is 0 Å². The van der Waals surface area contributed by atoms with Gasteiger partial charge in [-0.15, -0.1) is 0 Å². The van der Waals surface area contributed by atoms with E-state index in [0.717, 1.165) is 15.4 Å². The summed E-state index contributed by atoms with van der Waals surface area (Å²) in [6, 6.07) is 21.4. The molecule has 0 aromatic heterocycles. The summed E-state index contributed by atoms with van der Waals surface area (Å²) < 4.78 is 28.6. The van der Waals surface area contributed by atoms with E-state index in [4.69, 9.17) is 13.8 Å². The Bertz CT molecular complexity index is 1090. The second-order valence-corrected chi connectivity index (χ2v) is 8.24. The molecule has 1 heterocycles. The maximum atomic E-state index is 12.6. The molecule has 0 spiro atoms. The van der Waals surface area contributed by atoms with Gasteiger partial charge in [0.15, 0.2) is 0 Å². The van der Waals surface area contributed by atoms with Crippen molar-refractivity contribution in [2.24, 2.45) is 0 Å². The van der Waals surface area contributed by atoms with E-state index in [9.17, 15) is 9.46 Å². The molecule has 1 aliphatic heterocycles. The summed E-state index contributed by atoms with van der Waals surface area (Å²) in [4.78, 5) is 14.3. The summed E-state index contributed by atoms with van der Waals surface area (Å²) in [5.74, 6) is 1.01. The Balaban J connectivity index is 0.00000240. The molecule has 1 atom stereocenters. The molecule has 0 bridgehead atoms.